The van der Waals surface area contributed by atoms with Gasteiger partial charge < -0.3 is 14.8 Å². The summed E-state index contributed by atoms with van der Waals surface area (Å²) in [6.07, 6.45) is 6.61. The quantitative estimate of drug-likeness (QED) is 0.884. The van der Waals surface area contributed by atoms with Crippen molar-refractivity contribution >= 4 is 0 Å². The van der Waals surface area contributed by atoms with Crippen molar-refractivity contribution in [2.45, 2.75) is 45.1 Å². The molecule has 2 rings (SSSR count). The molecule has 1 aliphatic carbocycles. The zero-order valence-corrected chi connectivity index (χ0v) is 13.2. The van der Waals surface area contributed by atoms with Crippen LogP contribution >= 0.6 is 0 Å². The summed E-state index contributed by atoms with van der Waals surface area (Å²) in [5.74, 6) is 1.60. The second-order valence-corrected chi connectivity index (χ2v) is 6.05. The van der Waals surface area contributed by atoms with Gasteiger partial charge in [0, 0.05) is 6.04 Å². The van der Waals surface area contributed by atoms with E-state index in [0.717, 1.165) is 11.5 Å². The smallest absolute Gasteiger partial charge is 0.161 e. The molecule has 1 aromatic rings. The molecule has 1 atom stereocenters. The monoisotopic (exact) mass is 277 g/mol. The minimum Gasteiger partial charge on any atom is -0.493 e. The Bertz CT molecular complexity index is 439. The van der Waals surface area contributed by atoms with Gasteiger partial charge in [-0.05, 0) is 43.0 Å². The maximum Gasteiger partial charge on any atom is 0.161 e. The van der Waals surface area contributed by atoms with Crippen LogP contribution in [0, 0.1) is 5.41 Å². The van der Waals surface area contributed by atoms with Crippen LogP contribution < -0.4 is 14.8 Å². The highest BCUT2D eigenvalue weighted by Crippen LogP contribution is 2.46. The van der Waals surface area contributed by atoms with Gasteiger partial charge in [-0.3, -0.25) is 0 Å². The van der Waals surface area contributed by atoms with E-state index in [4.69, 9.17) is 9.47 Å². The number of rotatable bonds is 5. The Morgan fingerprint density at radius 3 is 2.25 bits per heavy atom. The molecule has 0 heterocycles. The predicted molar refractivity (Wildman–Crippen MR) is 82.5 cm³/mol. The third-order valence-electron chi connectivity index (χ3n) is 4.72. The highest BCUT2D eigenvalue weighted by Gasteiger charge is 2.35. The van der Waals surface area contributed by atoms with Gasteiger partial charge in [0.1, 0.15) is 0 Å². The summed E-state index contributed by atoms with van der Waals surface area (Å²) in [4.78, 5) is 0. The number of hydrogen-bond acceptors (Lipinski definition) is 3. The third-order valence-corrected chi connectivity index (χ3v) is 4.72. The normalized spacial score (nSPS) is 19.4. The Labute approximate surface area is 122 Å². The Hall–Kier alpha value is -1.22. The molecule has 1 aromatic carbocycles. The first-order valence-electron chi connectivity index (χ1n) is 7.54. The van der Waals surface area contributed by atoms with Crippen molar-refractivity contribution in [2.24, 2.45) is 5.41 Å². The van der Waals surface area contributed by atoms with Crippen LogP contribution in [0.15, 0.2) is 18.2 Å². The first kappa shape index (κ1) is 15.2. The Morgan fingerprint density at radius 2 is 1.70 bits per heavy atom. The fourth-order valence-electron chi connectivity index (χ4n) is 3.60. The van der Waals surface area contributed by atoms with Gasteiger partial charge in [0.2, 0.25) is 0 Å². The molecule has 1 saturated carbocycles. The summed E-state index contributed by atoms with van der Waals surface area (Å²) in [6, 6.07) is 6.63. The summed E-state index contributed by atoms with van der Waals surface area (Å²) in [5.41, 5.74) is 1.61. The van der Waals surface area contributed by atoms with Crippen LogP contribution in [0.4, 0.5) is 0 Å². The largest absolute Gasteiger partial charge is 0.493 e. The predicted octanol–water partition coefficient (Wildman–Crippen LogP) is 3.93. The van der Waals surface area contributed by atoms with E-state index >= 15 is 0 Å². The van der Waals surface area contributed by atoms with Gasteiger partial charge in [0.25, 0.3) is 0 Å². The topological polar surface area (TPSA) is 30.5 Å². The lowest BCUT2D eigenvalue weighted by molar-refractivity contribution is 0.150. The van der Waals surface area contributed by atoms with Gasteiger partial charge in [-0.25, -0.2) is 0 Å². The van der Waals surface area contributed by atoms with E-state index in [1.807, 2.05) is 6.07 Å². The van der Waals surface area contributed by atoms with E-state index in [1.165, 1.54) is 37.7 Å². The Morgan fingerprint density at radius 1 is 1.05 bits per heavy atom. The van der Waals surface area contributed by atoms with Crippen molar-refractivity contribution in [1.82, 2.24) is 5.32 Å². The molecule has 0 amide bonds. The van der Waals surface area contributed by atoms with E-state index in [9.17, 15) is 0 Å². The number of ether oxygens (including phenoxy) is 2. The lowest BCUT2D eigenvalue weighted by atomic mass is 9.68. The van der Waals surface area contributed by atoms with Crippen molar-refractivity contribution in [1.29, 1.82) is 0 Å². The zero-order valence-electron chi connectivity index (χ0n) is 13.2. The number of benzene rings is 1. The molecule has 1 unspecified atom stereocenters. The fraction of sp³-hybridized carbons (Fsp3) is 0.647. The molecule has 0 radical (unpaired) electrons. The lowest BCUT2D eigenvalue weighted by Crippen LogP contribution is -2.36. The van der Waals surface area contributed by atoms with E-state index in [-0.39, 0.29) is 0 Å². The molecule has 1 fully saturated rings. The minimum absolute atomic E-state index is 0.326. The third kappa shape index (κ3) is 2.93. The molecule has 112 valence electrons. The van der Waals surface area contributed by atoms with Crippen LogP contribution in [-0.2, 0) is 0 Å². The van der Waals surface area contributed by atoms with Crippen LogP contribution in [-0.4, -0.2) is 21.3 Å². The molecule has 20 heavy (non-hydrogen) atoms. The molecule has 0 bridgehead atoms. The van der Waals surface area contributed by atoms with Crippen molar-refractivity contribution in [2.75, 3.05) is 21.3 Å². The van der Waals surface area contributed by atoms with Crippen LogP contribution in [0.5, 0.6) is 11.5 Å². The Balaban J connectivity index is 2.31. The maximum atomic E-state index is 5.44. The lowest BCUT2D eigenvalue weighted by Gasteiger charge is -2.41. The van der Waals surface area contributed by atoms with Crippen LogP contribution in [0.2, 0.25) is 0 Å². The molecule has 1 aliphatic rings. The SMILES string of the molecule is CNC(c1ccc(OC)c(OC)c1)C1(C)CCCCC1. The van der Waals surface area contributed by atoms with Crippen LogP contribution in [0.1, 0.15) is 50.6 Å². The van der Waals surface area contributed by atoms with E-state index in [0.29, 0.717) is 11.5 Å². The van der Waals surface area contributed by atoms with Gasteiger partial charge in [-0.1, -0.05) is 32.3 Å². The van der Waals surface area contributed by atoms with Gasteiger partial charge in [-0.2, -0.15) is 0 Å². The summed E-state index contributed by atoms with van der Waals surface area (Å²) < 4.78 is 10.8. The second kappa shape index (κ2) is 6.49. The first-order chi connectivity index (χ1) is 9.64. The van der Waals surface area contributed by atoms with Gasteiger partial charge in [0.15, 0.2) is 11.5 Å². The summed E-state index contributed by atoms with van der Waals surface area (Å²) in [5, 5.41) is 3.52. The van der Waals surface area contributed by atoms with E-state index in [2.05, 4.69) is 31.4 Å². The van der Waals surface area contributed by atoms with Crippen molar-refractivity contribution < 1.29 is 9.47 Å². The van der Waals surface area contributed by atoms with Gasteiger partial charge in [0.05, 0.1) is 14.2 Å². The molecule has 3 nitrogen and oxygen atoms in total. The summed E-state index contributed by atoms with van der Waals surface area (Å²) >= 11 is 0. The molecular weight excluding hydrogens is 250 g/mol. The second-order valence-electron chi connectivity index (χ2n) is 6.05. The average Bonchev–Trinajstić information content (AvgIpc) is 2.48. The Kier molecular flexibility index (Phi) is 4.92. The van der Waals surface area contributed by atoms with E-state index < -0.39 is 0 Å². The molecule has 1 N–H and O–H groups in total. The average molecular weight is 277 g/mol. The number of methoxy groups -OCH3 is 2. The van der Waals surface area contributed by atoms with Crippen molar-refractivity contribution in [3.8, 4) is 11.5 Å². The highest BCUT2D eigenvalue weighted by molar-refractivity contribution is 5.44. The van der Waals surface area contributed by atoms with Gasteiger partial charge in [-0.15, -0.1) is 0 Å². The molecular formula is C17H27NO2. The summed E-state index contributed by atoms with van der Waals surface area (Å²) in [6.45, 7) is 2.41. The van der Waals surface area contributed by atoms with Gasteiger partial charge >= 0.3 is 0 Å². The van der Waals surface area contributed by atoms with Crippen molar-refractivity contribution in [3.05, 3.63) is 23.8 Å². The standard InChI is InChI=1S/C17H27NO2/c1-17(10-6-5-7-11-17)16(18-2)13-8-9-14(19-3)15(12-13)20-4/h8-9,12,16,18H,5-7,10-11H2,1-4H3. The molecule has 0 aromatic heterocycles. The van der Waals surface area contributed by atoms with Crippen molar-refractivity contribution in [3.63, 3.8) is 0 Å². The van der Waals surface area contributed by atoms with Crippen LogP contribution in [0.25, 0.3) is 0 Å². The molecule has 0 aliphatic heterocycles. The fourth-order valence-corrected chi connectivity index (χ4v) is 3.60. The number of hydrogen-bond donors (Lipinski definition) is 1. The molecule has 3 heteroatoms. The molecule has 0 spiro atoms. The zero-order chi connectivity index (χ0) is 14.6. The maximum absolute atomic E-state index is 5.44. The van der Waals surface area contributed by atoms with Crippen LogP contribution in [0.3, 0.4) is 0 Å². The number of nitrogens with one attached hydrogen (secondary N) is 1. The summed E-state index contributed by atoms with van der Waals surface area (Å²) in [7, 11) is 5.43. The minimum atomic E-state index is 0.326. The highest BCUT2D eigenvalue weighted by atomic mass is 16.5. The first-order valence-corrected chi connectivity index (χ1v) is 7.54. The molecule has 0 saturated heterocycles. The van der Waals surface area contributed by atoms with E-state index in [1.54, 1.807) is 14.2 Å².